The lowest BCUT2D eigenvalue weighted by atomic mass is 10.3. The zero-order valence-corrected chi connectivity index (χ0v) is 11.8. The number of nitrogens with one attached hydrogen (secondary N) is 2. The third-order valence-corrected chi connectivity index (χ3v) is 2.42. The maximum absolute atomic E-state index is 11.4. The second-order valence-electron chi connectivity index (χ2n) is 4.63. The molecule has 1 atom stereocenters. The Hall–Kier alpha value is -2.15. The number of hydrogen-bond donors (Lipinski definition) is 3. The SMILES string of the molecule is CC(C)NCc1ccc(OC(C)C(=O)NC(N)=O)cn1. The van der Waals surface area contributed by atoms with Crippen LogP contribution < -0.4 is 21.1 Å². The van der Waals surface area contributed by atoms with Crippen LogP contribution in [-0.4, -0.2) is 29.1 Å². The molecular weight excluding hydrogens is 260 g/mol. The number of rotatable bonds is 6. The van der Waals surface area contributed by atoms with Crippen molar-refractivity contribution in [2.24, 2.45) is 5.73 Å². The number of pyridine rings is 1. The van der Waals surface area contributed by atoms with Gasteiger partial charge < -0.3 is 15.8 Å². The molecule has 0 bridgehead atoms. The smallest absolute Gasteiger partial charge is 0.318 e. The lowest BCUT2D eigenvalue weighted by Crippen LogP contribution is -2.42. The summed E-state index contributed by atoms with van der Waals surface area (Å²) >= 11 is 0. The number of urea groups is 1. The number of nitrogens with zero attached hydrogens (tertiary/aromatic N) is 1. The van der Waals surface area contributed by atoms with Crippen molar-refractivity contribution < 1.29 is 14.3 Å². The predicted octanol–water partition coefficient (Wildman–Crippen LogP) is 0.542. The van der Waals surface area contributed by atoms with Crippen LogP contribution >= 0.6 is 0 Å². The molecule has 0 saturated carbocycles. The maximum atomic E-state index is 11.4. The Morgan fingerprint density at radius 1 is 1.35 bits per heavy atom. The van der Waals surface area contributed by atoms with Crippen molar-refractivity contribution in [1.82, 2.24) is 15.6 Å². The molecule has 0 aliphatic rings. The third kappa shape index (κ3) is 5.66. The highest BCUT2D eigenvalue weighted by Crippen LogP contribution is 2.11. The monoisotopic (exact) mass is 280 g/mol. The van der Waals surface area contributed by atoms with Crippen molar-refractivity contribution in [3.05, 3.63) is 24.0 Å². The standard InChI is InChI=1S/C13H20N4O3/c1-8(2)15-6-10-4-5-11(7-16-10)20-9(3)12(18)17-13(14)19/h4-5,7-9,15H,6H2,1-3H3,(H3,14,17,18,19). The number of carbonyl (C=O) groups is 2. The van der Waals surface area contributed by atoms with Crippen molar-refractivity contribution in [3.8, 4) is 5.75 Å². The normalized spacial score (nSPS) is 12.0. The van der Waals surface area contributed by atoms with Crippen molar-refractivity contribution in [1.29, 1.82) is 0 Å². The molecule has 0 radical (unpaired) electrons. The van der Waals surface area contributed by atoms with E-state index in [2.05, 4.69) is 24.1 Å². The van der Waals surface area contributed by atoms with Crippen LogP contribution in [0.3, 0.4) is 0 Å². The minimum atomic E-state index is -0.904. The molecule has 1 unspecified atom stereocenters. The molecule has 7 heteroatoms. The summed E-state index contributed by atoms with van der Waals surface area (Å²) in [6.07, 6.45) is 0.703. The molecule has 0 fully saturated rings. The van der Waals surface area contributed by atoms with E-state index >= 15 is 0 Å². The first-order valence-corrected chi connectivity index (χ1v) is 6.33. The highest BCUT2D eigenvalue weighted by Gasteiger charge is 2.16. The molecule has 1 aromatic rings. The van der Waals surface area contributed by atoms with Crippen LogP contribution in [0.15, 0.2) is 18.3 Å². The number of amides is 3. The van der Waals surface area contributed by atoms with Gasteiger partial charge in [-0.2, -0.15) is 0 Å². The van der Waals surface area contributed by atoms with Crippen LogP contribution in [0.4, 0.5) is 4.79 Å². The molecule has 0 saturated heterocycles. The third-order valence-electron chi connectivity index (χ3n) is 2.42. The fourth-order valence-electron chi connectivity index (χ4n) is 1.37. The van der Waals surface area contributed by atoms with Crippen LogP contribution in [0.1, 0.15) is 26.5 Å². The molecule has 110 valence electrons. The van der Waals surface area contributed by atoms with Gasteiger partial charge in [-0.15, -0.1) is 0 Å². The van der Waals surface area contributed by atoms with E-state index in [-0.39, 0.29) is 0 Å². The van der Waals surface area contributed by atoms with Crippen molar-refractivity contribution in [2.45, 2.75) is 39.5 Å². The summed E-state index contributed by atoms with van der Waals surface area (Å²) in [7, 11) is 0. The summed E-state index contributed by atoms with van der Waals surface area (Å²) in [5.41, 5.74) is 5.73. The second kappa shape index (κ2) is 7.44. The molecule has 4 N–H and O–H groups in total. The number of carbonyl (C=O) groups excluding carboxylic acids is 2. The van der Waals surface area contributed by atoms with E-state index in [1.54, 1.807) is 6.07 Å². The highest BCUT2D eigenvalue weighted by atomic mass is 16.5. The van der Waals surface area contributed by atoms with Crippen LogP contribution in [0.25, 0.3) is 0 Å². The van der Waals surface area contributed by atoms with E-state index in [0.29, 0.717) is 18.3 Å². The fourth-order valence-corrected chi connectivity index (χ4v) is 1.37. The average Bonchev–Trinajstić information content (AvgIpc) is 2.37. The van der Waals surface area contributed by atoms with Gasteiger partial charge in [-0.1, -0.05) is 13.8 Å². The van der Waals surface area contributed by atoms with E-state index in [1.165, 1.54) is 13.1 Å². The number of nitrogens with two attached hydrogens (primary N) is 1. The summed E-state index contributed by atoms with van der Waals surface area (Å²) in [6.45, 7) is 6.29. The van der Waals surface area contributed by atoms with E-state index in [9.17, 15) is 9.59 Å². The van der Waals surface area contributed by atoms with Crippen LogP contribution in [0, 0.1) is 0 Å². The van der Waals surface area contributed by atoms with Crippen molar-refractivity contribution in [3.63, 3.8) is 0 Å². The first kappa shape index (κ1) is 15.9. The Morgan fingerprint density at radius 2 is 2.05 bits per heavy atom. The lowest BCUT2D eigenvalue weighted by molar-refractivity contribution is -0.126. The first-order chi connectivity index (χ1) is 9.38. The largest absolute Gasteiger partial charge is 0.479 e. The molecule has 20 heavy (non-hydrogen) atoms. The molecule has 0 aliphatic heterocycles. The number of ether oxygens (including phenoxy) is 1. The molecule has 1 heterocycles. The van der Waals surface area contributed by atoms with Gasteiger partial charge in [0.05, 0.1) is 11.9 Å². The zero-order chi connectivity index (χ0) is 15.1. The van der Waals surface area contributed by atoms with E-state index in [1.807, 2.05) is 11.4 Å². The molecular formula is C13H20N4O3. The van der Waals surface area contributed by atoms with Gasteiger partial charge in [-0.3, -0.25) is 15.1 Å². The number of aromatic nitrogens is 1. The van der Waals surface area contributed by atoms with Crippen molar-refractivity contribution in [2.75, 3.05) is 0 Å². The van der Waals surface area contributed by atoms with Gasteiger partial charge in [0.15, 0.2) is 6.10 Å². The zero-order valence-electron chi connectivity index (χ0n) is 11.8. The highest BCUT2D eigenvalue weighted by molar-refractivity contribution is 5.95. The molecule has 1 rings (SSSR count). The van der Waals surface area contributed by atoms with Gasteiger partial charge >= 0.3 is 6.03 Å². The molecule has 3 amide bonds. The summed E-state index contributed by atoms with van der Waals surface area (Å²) in [5.74, 6) is -0.145. The van der Waals surface area contributed by atoms with Crippen LogP contribution in [-0.2, 0) is 11.3 Å². The molecule has 1 aromatic heterocycles. The Morgan fingerprint density at radius 3 is 2.55 bits per heavy atom. The van der Waals surface area contributed by atoms with Gasteiger partial charge in [0.1, 0.15) is 5.75 Å². The fraction of sp³-hybridized carbons (Fsp3) is 0.462. The molecule has 0 aliphatic carbocycles. The van der Waals surface area contributed by atoms with Crippen molar-refractivity contribution >= 4 is 11.9 Å². The van der Waals surface area contributed by atoms with Gasteiger partial charge in [0.2, 0.25) is 0 Å². The number of imide groups is 1. The van der Waals surface area contributed by atoms with Gasteiger partial charge in [-0.25, -0.2) is 4.79 Å². The number of hydrogen-bond acceptors (Lipinski definition) is 5. The Bertz CT molecular complexity index is 459. The second-order valence-corrected chi connectivity index (χ2v) is 4.63. The quantitative estimate of drug-likeness (QED) is 0.705. The summed E-state index contributed by atoms with van der Waals surface area (Å²) in [4.78, 5) is 26.2. The number of primary amides is 1. The van der Waals surface area contributed by atoms with E-state index in [0.717, 1.165) is 5.69 Å². The van der Waals surface area contributed by atoms with Gasteiger partial charge in [0, 0.05) is 12.6 Å². The summed E-state index contributed by atoms with van der Waals surface area (Å²) in [5, 5.41) is 5.19. The van der Waals surface area contributed by atoms with E-state index in [4.69, 9.17) is 10.5 Å². The maximum Gasteiger partial charge on any atom is 0.318 e. The summed E-state index contributed by atoms with van der Waals surface area (Å²) in [6, 6.07) is 3.01. The average molecular weight is 280 g/mol. The minimum Gasteiger partial charge on any atom is -0.479 e. The van der Waals surface area contributed by atoms with E-state index < -0.39 is 18.0 Å². The predicted molar refractivity (Wildman–Crippen MR) is 74.0 cm³/mol. The Kier molecular flexibility index (Phi) is 5.92. The Labute approximate surface area is 117 Å². The van der Waals surface area contributed by atoms with Crippen LogP contribution in [0.2, 0.25) is 0 Å². The first-order valence-electron chi connectivity index (χ1n) is 6.33. The minimum absolute atomic E-state index is 0.380. The Balaban J connectivity index is 2.52. The topological polar surface area (TPSA) is 106 Å². The molecule has 0 spiro atoms. The summed E-state index contributed by atoms with van der Waals surface area (Å²) < 4.78 is 5.35. The molecule has 0 aromatic carbocycles. The van der Waals surface area contributed by atoms with Gasteiger partial charge in [-0.05, 0) is 19.1 Å². The lowest BCUT2D eigenvalue weighted by Gasteiger charge is -2.13. The molecule has 7 nitrogen and oxygen atoms in total. The van der Waals surface area contributed by atoms with Crippen LogP contribution in [0.5, 0.6) is 5.75 Å². The van der Waals surface area contributed by atoms with Gasteiger partial charge in [0.25, 0.3) is 5.91 Å².